The topological polar surface area (TPSA) is 57.9 Å². The fraction of sp³-hybridized carbons (Fsp3) is 0.455. The molecule has 0 spiro atoms. The van der Waals surface area contributed by atoms with Gasteiger partial charge in [-0.15, -0.1) is 0 Å². The molecule has 5 heteroatoms. The molecule has 16 heavy (non-hydrogen) atoms. The van der Waals surface area contributed by atoms with Crippen molar-refractivity contribution in [1.29, 1.82) is 5.26 Å². The van der Waals surface area contributed by atoms with E-state index in [1.54, 1.807) is 19.4 Å². The van der Waals surface area contributed by atoms with Gasteiger partial charge in [0.25, 0.3) is 0 Å². The van der Waals surface area contributed by atoms with Crippen LogP contribution in [0, 0.1) is 11.3 Å². The van der Waals surface area contributed by atoms with Crippen molar-refractivity contribution in [2.75, 3.05) is 12.4 Å². The number of hydrogen-bond donors (Lipinski definition) is 1. The number of pyridine rings is 1. The first-order valence-electron chi connectivity index (χ1n) is 5.08. The van der Waals surface area contributed by atoms with Crippen molar-refractivity contribution in [2.45, 2.75) is 25.0 Å². The van der Waals surface area contributed by atoms with Crippen molar-refractivity contribution in [3.63, 3.8) is 0 Å². The first kappa shape index (κ1) is 11.2. The summed E-state index contributed by atoms with van der Waals surface area (Å²) in [5.74, 6) is 0.584. The Bertz CT molecular complexity index is 424. The zero-order valence-corrected chi connectivity index (χ0v) is 9.66. The predicted molar refractivity (Wildman–Crippen MR) is 61.4 cm³/mol. The Kier molecular flexibility index (Phi) is 3.28. The Hall–Kier alpha value is -1.31. The second kappa shape index (κ2) is 4.69. The number of nitriles is 1. The van der Waals surface area contributed by atoms with Crippen molar-refractivity contribution >= 4 is 17.4 Å². The molecule has 2 rings (SSSR count). The fourth-order valence-corrected chi connectivity index (χ4v) is 1.91. The van der Waals surface area contributed by atoms with Gasteiger partial charge in [-0.25, -0.2) is 4.98 Å². The van der Waals surface area contributed by atoms with Crippen LogP contribution in [0.25, 0.3) is 0 Å². The number of rotatable bonds is 3. The average Bonchev–Trinajstić information content (AvgIpc) is 2.25. The lowest BCUT2D eigenvalue weighted by atomic mass is 9.89. The highest BCUT2D eigenvalue weighted by Gasteiger charge is 2.29. The second-order valence-electron chi connectivity index (χ2n) is 3.80. The first-order valence-corrected chi connectivity index (χ1v) is 5.46. The number of ether oxygens (including phenoxy) is 1. The van der Waals surface area contributed by atoms with Gasteiger partial charge < -0.3 is 10.1 Å². The van der Waals surface area contributed by atoms with E-state index in [1.807, 2.05) is 6.07 Å². The van der Waals surface area contributed by atoms with Crippen LogP contribution in [0.1, 0.15) is 18.4 Å². The molecule has 0 amide bonds. The maximum Gasteiger partial charge on any atom is 0.146 e. The SMILES string of the molecule is COC1CC(Nc2nccc(C#N)c2Cl)C1. The smallest absolute Gasteiger partial charge is 0.146 e. The van der Waals surface area contributed by atoms with E-state index in [2.05, 4.69) is 10.3 Å². The molecule has 0 unspecified atom stereocenters. The van der Waals surface area contributed by atoms with Crippen LogP contribution in [-0.2, 0) is 4.74 Å². The highest BCUT2D eigenvalue weighted by Crippen LogP contribution is 2.29. The number of aromatic nitrogens is 1. The quantitative estimate of drug-likeness (QED) is 0.876. The monoisotopic (exact) mass is 237 g/mol. The standard InChI is InChI=1S/C11H12ClN3O/c1-16-9-4-8(5-9)15-11-10(12)7(6-13)2-3-14-11/h2-3,8-9H,4-5H2,1H3,(H,14,15). The van der Waals surface area contributed by atoms with Crippen LogP contribution in [0.4, 0.5) is 5.82 Å². The first-order chi connectivity index (χ1) is 7.74. The third-order valence-electron chi connectivity index (χ3n) is 2.78. The summed E-state index contributed by atoms with van der Waals surface area (Å²) in [6, 6.07) is 3.97. The second-order valence-corrected chi connectivity index (χ2v) is 4.18. The molecule has 1 heterocycles. The Morgan fingerprint density at radius 2 is 2.38 bits per heavy atom. The molecule has 0 aliphatic heterocycles. The molecule has 0 atom stereocenters. The van der Waals surface area contributed by atoms with E-state index in [4.69, 9.17) is 21.6 Å². The van der Waals surface area contributed by atoms with Gasteiger partial charge in [-0.05, 0) is 18.9 Å². The van der Waals surface area contributed by atoms with Gasteiger partial charge in [-0.2, -0.15) is 5.26 Å². The maximum absolute atomic E-state index is 8.82. The Morgan fingerprint density at radius 3 is 3.00 bits per heavy atom. The maximum atomic E-state index is 8.82. The molecule has 1 aromatic heterocycles. The zero-order chi connectivity index (χ0) is 11.5. The van der Waals surface area contributed by atoms with E-state index in [0.717, 1.165) is 12.8 Å². The predicted octanol–water partition coefficient (Wildman–Crippen LogP) is 2.20. The van der Waals surface area contributed by atoms with Gasteiger partial charge in [0.1, 0.15) is 16.9 Å². The summed E-state index contributed by atoms with van der Waals surface area (Å²) in [4.78, 5) is 4.12. The molecular weight excluding hydrogens is 226 g/mol. The lowest BCUT2D eigenvalue weighted by Gasteiger charge is -2.35. The number of halogens is 1. The van der Waals surface area contributed by atoms with Gasteiger partial charge in [0.05, 0.1) is 11.7 Å². The molecular formula is C11H12ClN3O. The Morgan fingerprint density at radius 1 is 1.62 bits per heavy atom. The molecule has 1 saturated carbocycles. The highest BCUT2D eigenvalue weighted by molar-refractivity contribution is 6.34. The van der Waals surface area contributed by atoms with Crippen LogP contribution in [0.15, 0.2) is 12.3 Å². The third kappa shape index (κ3) is 2.11. The van der Waals surface area contributed by atoms with Crippen LogP contribution in [0.5, 0.6) is 0 Å². The molecule has 1 N–H and O–H groups in total. The Labute approximate surface area is 99.2 Å². The van der Waals surface area contributed by atoms with Crippen LogP contribution >= 0.6 is 11.6 Å². The summed E-state index contributed by atoms with van der Waals surface area (Å²) < 4.78 is 5.18. The summed E-state index contributed by atoms with van der Waals surface area (Å²) >= 11 is 6.03. The van der Waals surface area contributed by atoms with Crippen molar-refractivity contribution in [2.24, 2.45) is 0 Å². The number of hydrogen-bond acceptors (Lipinski definition) is 4. The highest BCUT2D eigenvalue weighted by atomic mass is 35.5. The zero-order valence-electron chi connectivity index (χ0n) is 8.90. The molecule has 84 valence electrons. The average molecular weight is 238 g/mol. The van der Waals surface area contributed by atoms with Crippen LogP contribution in [0.3, 0.4) is 0 Å². The van der Waals surface area contributed by atoms with Crippen molar-refractivity contribution in [3.05, 3.63) is 22.8 Å². The van der Waals surface area contributed by atoms with E-state index in [-0.39, 0.29) is 0 Å². The molecule has 1 aliphatic rings. The Balaban J connectivity index is 2.03. The van der Waals surface area contributed by atoms with Gasteiger partial charge in [0, 0.05) is 19.3 Å². The van der Waals surface area contributed by atoms with Crippen molar-refractivity contribution < 1.29 is 4.74 Å². The number of nitrogens with one attached hydrogen (secondary N) is 1. The van der Waals surface area contributed by atoms with E-state index in [1.165, 1.54) is 0 Å². The third-order valence-corrected chi connectivity index (χ3v) is 3.16. The number of anilines is 1. The molecule has 0 bridgehead atoms. The van der Waals surface area contributed by atoms with Crippen molar-refractivity contribution in [1.82, 2.24) is 4.98 Å². The minimum atomic E-state index is 0.329. The summed E-state index contributed by atoms with van der Waals surface area (Å²) in [7, 11) is 1.71. The minimum Gasteiger partial charge on any atom is -0.381 e. The molecule has 0 saturated heterocycles. The lowest BCUT2D eigenvalue weighted by molar-refractivity contribution is 0.0328. The lowest BCUT2D eigenvalue weighted by Crippen LogP contribution is -2.40. The molecule has 4 nitrogen and oxygen atoms in total. The van der Waals surface area contributed by atoms with E-state index in [9.17, 15) is 0 Å². The summed E-state index contributed by atoms with van der Waals surface area (Å²) in [6.45, 7) is 0. The minimum absolute atomic E-state index is 0.329. The van der Waals surface area contributed by atoms with Gasteiger partial charge >= 0.3 is 0 Å². The fourth-order valence-electron chi connectivity index (χ4n) is 1.70. The molecule has 1 aliphatic carbocycles. The number of nitrogens with zero attached hydrogens (tertiary/aromatic N) is 2. The molecule has 0 aromatic carbocycles. The number of methoxy groups -OCH3 is 1. The van der Waals surface area contributed by atoms with Gasteiger partial charge in [-0.1, -0.05) is 11.6 Å². The van der Waals surface area contributed by atoms with Gasteiger partial charge in [0.2, 0.25) is 0 Å². The van der Waals surface area contributed by atoms with Crippen LogP contribution in [0.2, 0.25) is 5.02 Å². The summed E-state index contributed by atoms with van der Waals surface area (Å²) in [6.07, 6.45) is 3.81. The van der Waals surface area contributed by atoms with E-state index >= 15 is 0 Å². The summed E-state index contributed by atoms with van der Waals surface area (Å²) in [5.41, 5.74) is 0.446. The van der Waals surface area contributed by atoms with Crippen LogP contribution < -0.4 is 5.32 Å². The van der Waals surface area contributed by atoms with Crippen LogP contribution in [-0.4, -0.2) is 24.2 Å². The van der Waals surface area contributed by atoms with Gasteiger partial charge in [-0.3, -0.25) is 0 Å². The van der Waals surface area contributed by atoms with E-state index < -0.39 is 0 Å². The van der Waals surface area contributed by atoms with Gasteiger partial charge in [0.15, 0.2) is 0 Å². The normalized spacial score (nSPS) is 23.3. The molecule has 1 fully saturated rings. The summed E-state index contributed by atoms with van der Waals surface area (Å²) in [5, 5.41) is 12.4. The largest absolute Gasteiger partial charge is 0.381 e. The molecule has 0 radical (unpaired) electrons. The van der Waals surface area contributed by atoms with E-state index in [0.29, 0.717) is 28.5 Å². The van der Waals surface area contributed by atoms with Crippen molar-refractivity contribution in [3.8, 4) is 6.07 Å². The molecule has 1 aromatic rings.